The third-order valence-electron chi connectivity index (χ3n) is 7.54. The van der Waals surface area contributed by atoms with Gasteiger partial charge in [-0.1, -0.05) is 54.6 Å². The van der Waals surface area contributed by atoms with Gasteiger partial charge in [0, 0.05) is 16.8 Å². The Hall–Kier alpha value is -6.06. The van der Waals surface area contributed by atoms with Crippen LogP contribution in [0.15, 0.2) is 95.2 Å². The van der Waals surface area contributed by atoms with Crippen molar-refractivity contribution in [3.8, 4) is 23.3 Å². The number of esters is 1. The molecule has 5 rings (SSSR count). The van der Waals surface area contributed by atoms with Gasteiger partial charge in [0.05, 0.1) is 43.2 Å². The van der Waals surface area contributed by atoms with Crippen molar-refractivity contribution in [1.82, 2.24) is 16.1 Å². The zero-order chi connectivity index (χ0) is 34.0. The molecule has 4 aromatic carbocycles. The quantitative estimate of drug-likeness (QED) is 0.0689. The average Bonchev–Trinajstić information content (AvgIpc) is 3.10. The number of allylic oxidation sites excluding steroid dienone is 1. The molecule has 0 aliphatic carbocycles. The number of nitrogens with zero attached hydrogens (tertiary/aromatic N) is 2. The van der Waals surface area contributed by atoms with Crippen molar-refractivity contribution < 1.29 is 33.6 Å². The second kappa shape index (κ2) is 15.5. The lowest BCUT2D eigenvalue weighted by atomic mass is 9.95. The van der Waals surface area contributed by atoms with E-state index in [-0.39, 0.29) is 18.8 Å². The van der Waals surface area contributed by atoms with E-state index in [2.05, 4.69) is 27.2 Å². The van der Waals surface area contributed by atoms with E-state index in [9.17, 15) is 20.0 Å². The third kappa shape index (κ3) is 7.66. The van der Waals surface area contributed by atoms with Crippen molar-refractivity contribution in [3.63, 3.8) is 0 Å². The van der Waals surface area contributed by atoms with Crippen molar-refractivity contribution in [2.45, 2.75) is 32.7 Å². The van der Waals surface area contributed by atoms with Crippen molar-refractivity contribution in [1.29, 1.82) is 5.26 Å². The van der Waals surface area contributed by atoms with Gasteiger partial charge in [-0.3, -0.25) is 5.43 Å². The number of aliphatic hydroxyl groups is 1. The van der Waals surface area contributed by atoms with Gasteiger partial charge in [-0.05, 0) is 54.4 Å². The maximum Gasteiger partial charge on any atom is 0.337 e. The van der Waals surface area contributed by atoms with Crippen LogP contribution >= 0.6 is 0 Å². The molecule has 0 fully saturated rings. The first-order chi connectivity index (χ1) is 23.3. The topological polar surface area (TPSA) is 164 Å². The highest BCUT2D eigenvalue weighted by Gasteiger charge is 2.32. The lowest BCUT2D eigenvalue weighted by molar-refractivity contribution is -0.136. The summed E-state index contributed by atoms with van der Waals surface area (Å²) < 4.78 is 22.7. The number of carbonyl (C=O) groups is 2. The summed E-state index contributed by atoms with van der Waals surface area (Å²) in [5.41, 5.74) is 5.90. The molecule has 0 saturated heterocycles. The number of nitriles is 1. The molecule has 4 N–H and O–H groups in total. The zero-order valence-electron chi connectivity index (χ0n) is 26.7. The van der Waals surface area contributed by atoms with Crippen molar-refractivity contribution in [3.05, 3.63) is 112 Å². The van der Waals surface area contributed by atoms with Crippen molar-refractivity contribution in [2.24, 2.45) is 5.10 Å². The smallest absolute Gasteiger partial charge is 0.337 e. The number of hydrazone groups is 1. The molecular formula is C36H35N5O7. The van der Waals surface area contributed by atoms with E-state index in [0.29, 0.717) is 46.2 Å². The van der Waals surface area contributed by atoms with Gasteiger partial charge in [-0.15, -0.1) is 0 Å². The summed E-state index contributed by atoms with van der Waals surface area (Å²) in [7, 11) is 1.27. The molecule has 1 heterocycles. The summed E-state index contributed by atoms with van der Waals surface area (Å²) >= 11 is 0. The molecule has 2 atom stereocenters. The van der Waals surface area contributed by atoms with Gasteiger partial charge in [0.15, 0.2) is 17.7 Å². The average molecular weight is 650 g/mol. The van der Waals surface area contributed by atoms with E-state index in [1.54, 1.807) is 43.5 Å². The Morgan fingerprint density at radius 1 is 1.04 bits per heavy atom. The van der Waals surface area contributed by atoms with E-state index in [4.69, 9.17) is 18.9 Å². The molecule has 0 radical (unpaired) electrons. The normalized spacial score (nSPS) is 14.9. The number of hydrogen-bond donors (Lipinski definition) is 4. The lowest BCUT2D eigenvalue weighted by Gasteiger charge is -2.28. The van der Waals surface area contributed by atoms with Crippen LogP contribution in [0.1, 0.15) is 42.1 Å². The number of nitrogens with one attached hydrogen (secondary N) is 3. The molecule has 246 valence electrons. The van der Waals surface area contributed by atoms with Crippen LogP contribution in [0.3, 0.4) is 0 Å². The maximum atomic E-state index is 12.5. The first-order valence-corrected chi connectivity index (χ1v) is 15.2. The molecule has 2 amide bonds. The molecule has 4 aromatic rings. The van der Waals surface area contributed by atoms with Gasteiger partial charge in [0.2, 0.25) is 0 Å². The second-order valence-electron chi connectivity index (χ2n) is 10.7. The van der Waals surface area contributed by atoms with E-state index < -0.39 is 24.3 Å². The van der Waals surface area contributed by atoms with Crippen LogP contribution in [0, 0.1) is 11.3 Å². The van der Waals surface area contributed by atoms with Crippen LogP contribution in [0.25, 0.3) is 10.8 Å². The Kier molecular flexibility index (Phi) is 10.7. The Bertz CT molecular complexity index is 1920. The minimum atomic E-state index is -1.20. The van der Waals surface area contributed by atoms with Crippen LogP contribution in [0.5, 0.6) is 17.2 Å². The van der Waals surface area contributed by atoms with Crippen LogP contribution in [-0.2, 0) is 16.1 Å². The van der Waals surface area contributed by atoms with E-state index >= 15 is 0 Å². The summed E-state index contributed by atoms with van der Waals surface area (Å²) in [4.78, 5) is 24.7. The minimum Gasteiger partial charge on any atom is -0.490 e. The summed E-state index contributed by atoms with van der Waals surface area (Å²) in [6.07, 6.45) is 0.372. The van der Waals surface area contributed by atoms with Crippen LogP contribution < -0.4 is 30.3 Å². The first-order valence-electron chi connectivity index (χ1n) is 15.2. The molecule has 0 aromatic heterocycles. The molecule has 1 aliphatic heterocycles. The highest BCUT2D eigenvalue weighted by atomic mass is 16.5. The molecule has 1 aliphatic rings. The van der Waals surface area contributed by atoms with Gasteiger partial charge >= 0.3 is 12.0 Å². The molecule has 48 heavy (non-hydrogen) atoms. The molecule has 12 nitrogen and oxygen atoms in total. The van der Waals surface area contributed by atoms with Gasteiger partial charge < -0.3 is 34.7 Å². The Morgan fingerprint density at radius 2 is 1.81 bits per heavy atom. The molecule has 0 bridgehead atoms. The summed E-state index contributed by atoms with van der Waals surface area (Å²) in [6, 6.07) is 24.8. The largest absolute Gasteiger partial charge is 0.490 e. The van der Waals surface area contributed by atoms with Crippen LogP contribution in [-0.4, -0.2) is 49.9 Å². The predicted molar refractivity (Wildman–Crippen MR) is 178 cm³/mol. The number of aliphatic hydroxyl groups excluding tert-OH is 1. The molecule has 12 heteroatoms. The number of urea groups is 1. The number of fused-ring (bicyclic) bond motifs is 1. The Balaban J connectivity index is 1.29. The first kappa shape index (κ1) is 33.3. The van der Waals surface area contributed by atoms with Gasteiger partial charge in [-0.25, -0.2) is 9.59 Å². The number of amides is 2. The number of methoxy groups -OCH3 is 1. The fourth-order valence-corrected chi connectivity index (χ4v) is 5.26. The van der Waals surface area contributed by atoms with E-state index in [1.807, 2.05) is 55.5 Å². The molecule has 0 spiro atoms. The SMILES string of the molecule is CCOc1cc([C@H]2NC(=O)NC(C)=C2C(=O)OC)ccc1OC[C@@H](O)N/N=C/c1c(OCc2ccccc2C#N)ccc2ccccc12. The highest BCUT2D eigenvalue weighted by molar-refractivity contribution is 6.02. The van der Waals surface area contributed by atoms with E-state index in [1.165, 1.54) is 7.11 Å². The number of ether oxygens (including phenoxy) is 4. The Morgan fingerprint density at radius 3 is 2.60 bits per heavy atom. The second-order valence-corrected chi connectivity index (χ2v) is 10.7. The molecule has 0 saturated carbocycles. The van der Waals surface area contributed by atoms with Crippen LogP contribution in [0.2, 0.25) is 0 Å². The van der Waals surface area contributed by atoms with Crippen molar-refractivity contribution in [2.75, 3.05) is 20.3 Å². The fraction of sp³-hybridized carbons (Fsp3) is 0.222. The summed E-state index contributed by atoms with van der Waals surface area (Å²) in [6.45, 7) is 3.76. The fourth-order valence-electron chi connectivity index (χ4n) is 5.26. The monoisotopic (exact) mass is 649 g/mol. The Labute approximate surface area is 277 Å². The zero-order valence-corrected chi connectivity index (χ0v) is 26.7. The standard InChI is InChI=1S/C36H35N5O7/c1-4-46-31-17-24(34-33(35(43)45-3)22(2)39-36(44)40-34)14-16-30(31)48-21-32(42)41-38-19-28-27-12-8-7-9-23(27)13-15-29(28)47-20-26-11-6-5-10-25(26)18-37/h5-17,19,32,34,41-42H,4,20-21H2,1-3H3,(H2,39,40,44)/b38-19+/t32-,34-/m1/s1. The maximum absolute atomic E-state index is 12.5. The minimum absolute atomic E-state index is 0.183. The molecule has 0 unspecified atom stereocenters. The number of hydrogen-bond acceptors (Lipinski definition) is 10. The lowest BCUT2D eigenvalue weighted by Crippen LogP contribution is -2.45. The van der Waals surface area contributed by atoms with Gasteiger partial charge in [0.25, 0.3) is 0 Å². The van der Waals surface area contributed by atoms with Gasteiger partial charge in [-0.2, -0.15) is 10.4 Å². The van der Waals surface area contributed by atoms with Crippen LogP contribution in [0.4, 0.5) is 4.79 Å². The number of benzene rings is 4. The van der Waals surface area contributed by atoms with E-state index in [0.717, 1.165) is 16.3 Å². The predicted octanol–water partition coefficient (Wildman–Crippen LogP) is 4.81. The number of rotatable bonds is 13. The van der Waals surface area contributed by atoms with Gasteiger partial charge in [0.1, 0.15) is 19.0 Å². The third-order valence-corrected chi connectivity index (χ3v) is 7.54. The highest BCUT2D eigenvalue weighted by Crippen LogP contribution is 2.35. The summed E-state index contributed by atoms with van der Waals surface area (Å²) in [5.74, 6) is 0.679. The van der Waals surface area contributed by atoms with Crippen molar-refractivity contribution >= 4 is 29.0 Å². The molecular weight excluding hydrogens is 614 g/mol. The summed E-state index contributed by atoms with van der Waals surface area (Å²) in [5, 5.41) is 31.6. The number of carbonyl (C=O) groups excluding carboxylic acids is 2.